The molecule has 28 heavy (non-hydrogen) atoms. The van der Waals surface area contributed by atoms with E-state index >= 15 is 0 Å². The van der Waals surface area contributed by atoms with E-state index in [1.807, 2.05) is 0 Å². The molecule has 0 aliphatic carbocycles. The zero-order chi connectivity index (χ0) is 20.6. The SMILES string of the molecule is C=C(C)C(=O)Oc1ccc2c(c1F)COc1c-2ccc(OC(=O)C(=C)C)c1F. The molecule has 1 heterocycles. The normalized spacial score (nSPS) is 11.6. The summed E-state index contributed by atoms with van der Waals surface area (Å²) in [5.41, 5.74) is 1.02. The molecule has 0 spiro atoms. The second-order valence-electron chi connectivity index (χ2n) is 6.29. The van der Waals surface area contributed by atoms with Gasteiger partial charge in [0.25, 0.3) is 0 Å². The third-order valence-electron chi connectivity index (χ3n) is 4.02. The van der Waals surface area contributed by atoms with Crippen molar-refractivity contribution in [3.8, 4) is 28.4 Å². The van der Waals surface area contributed by atoms with Crippen LogP contribution >= 0.6 is 0 Å². The van der Waals surface area contributed by atoms with Gasteiger partial charge in [-0.25, -0.2) is 14.0 Å². The van der Waals surface area contributed by atoms with Crippen LogP contribution in [0.25, 0.3) is 11.1 Å². The van der Waals surface area contributed by atoms with E-state index in [4.69, 9.17) is 14.2 Å². The maximum absolute atomic E-state index is 14.8. The van der Waals surface area contributed by atoms with Gasteiger partial charge >= 0.3 is 11.9 Å². The summed E-state index contributed by atoms with van der Waals surface area (Å²) >= 11 is 0. The summed E-state index contributed by atoms with van der Waals surface area (Å²) in [6.07, 6.45) is 0. The van der Waals surface area contributed by atoms with Crippen LogP contribution in [0, 0.1) is 11.6 Å². The molecule has 0 aromatic heterocycles. The number of hydrogen-bond donors (Lipinski definition) is 0. The molecule has 2 aromatic rings. The van der Waals surface area contributed by atoms with Crippen molar-refractivity contribution in [1.29, 1.82) is 0 Å². The summed E-state index contributed by atoms with van der Waals surface area (Å²) in [4.78, 5) is 23.3. The van der Waals surface area contributed by atoms with Crippen molar-refractivity contribution in [1.82, 2.24) is 0 Å². The van der Waals surface area contributed by atoms with Crippen molar-refractivity contribution in [2.24, 2.45) is 0 Å². The minimum atomic E-state index is -0.879. The van der Waals surface area contributed by atoms with E-state index in [1.165, 1.54) is 38.1 Å². The van der Waals surface area contributed by atoms with Gasteiger partial charge in [-0.3, -0.25) is 0 Å². The van der Waals surface area contributed by atoms with Crippen LogP contribution in [0.3, 0.4) is 0 Å². The Morgan fingerprint density at radius 1 is 0.893 bits per heavy atom. The van der Waals surface area contributed by atoms with Gasteiger partial charge in [-0.15, -0.1) is 0 Å². The first-order valence-electron chi connectivity index (χ1n) is 8.23. The van der Waals surface area contributed by atoms with Crippen LogP contribution in [0.4, 0.5) is 8.78 Å². The summed E-state index contributed by atoms with van der Waals surface area (Å²) in [5, 5.41) is 0. The molecule has 1 aliphatic heterocycles. The van der Waals surface area contributed by atoms with E-state index in [0.717, 1.165) is 0 Å². The summed E-state index contributed by atoms with van der Waals surface area (Å²) in [5.74, 6) is -3.94. The molecule has 144 valence electrons. The maximum Gasteiger partial charge on any atom is 0.338 e. The average Bonchev–Trinajstić information content (AvgIpc) is 2.65. The Labute approximate surface area is 159 Å². The molecule has 2 aromatic carbocycles. The standard InChI is InChI=1S/C21H16F2O5/c1-10(2)20(24)27-15-7-5-12-13-6-8-16(28-21(25)11(3)4)18(23)19(13)26-9-14(12)17(15)22/h5-8H,1,3,9H2,2,4H3. The van der Waals surface area contributed by atoms with E-state index in [-0.39, 0.29) is 46.1 Å². The minimum Gasteiger partial charge on any atom is -0.485 e. The lowest BCUT2D eigenvalue weighted by molar-refractivity contribution is -0.131. The predicted octanol–water partition coefficient (Wildman–Crippen LogP) is 4.49. The molecule has 7 heteroatoms. The number of carbonyl (C=O) groups excluding carboxylic acids is 2. The van der Waals surface area contributed by atoms with Crippen LogP contribution in [-0.4, -0.2) is 11.9 Å². The highest BCUT2D eigenvalue weighted by molar-refractivity contribution is 5.90. The van der Waals surface area contributed by atoms with E-state index in [2.05, 4.69) is 13.2 Å². The third-order valence-corrected chi connectivity index (χ3v) is 4.02. The number of rotatable bonds is 4. The number of benzene rings is 2. The van der Waals surface area contributed by atoms with Gasteiger partial charge in [0, 0.05) is 22.3 Å². The lowest BCUT2D eigenvalue weighted by atomic mass is 9.96. The molecule has 5 nitrogen and oxygen atoms in total. The number of carbonyl (C=O) groups is 2. The summed E-state index contributed by atoms with van der Waals surface area (Å²) in [6, 6.07) is 5.48. The van der Waals surface area contributed by atoms with Crippen LogP contribution in [-0.2, 0) is 16.2 Å². The number of hydrogen-bond acceptors (Lipinski definition) is 5. The van der Waals surface area contributed by atoms with Crippen LogP contribution in [0.2, 0.25) is 0 Å². The topological polar surface area (TPSA) is 61.8 Å². The summed E-state index contributed by atoms with van der Waals surface area (Å²) in [6.45, 7) is 9.47. The van der Waals surface area contributed by atoms with Crippen LogP contribution in [0.15, 0.2) is 48.6 Å². The van der Waals surface area contributed by atoms with Gasteiger partial charge in [0.1, 0.15) is 6.61 Å². The van der Waals surface area contributed by atoms with Crippen molar-refractivity contribution in [3.05, 3.63) is 65.8 Å². The molecule has 0 saturated heterocycles. The van der Waals surface area contributed by atoms with Crippen molar-refractivity contribution in [2.45, 2.75) is 20.5 Å². The highest BCUT2D eigenvalue weighted by Crippen LogP contribution is 2.44. The molecule has 0 saturated carbocycles. The lowest BCUT2D eigenvalue weighted by Crippen LogP contribution is -2.14. The number of fused-ring (bicyclic) bond motifs is 3. The molecule has 0 radical (unpaired) electrons. The minimum absolute atomic E-state index is 0.113. The van der Waals surface area contributed by atoms with E-state index in [1.54, 1.807) is 0 Å². The summed E-state index contributed by atoms with van der Waals surface area (Å²) < 4.78 is 44.7. The van der Waals surface area contributed by atoms with E-state index in [0.29, 0.717) is 5.56 Å². The van der Waals surface area contributed by atoms with Gasteiger partial charge in [-0.05, 0) is 43.7 Å². The Kier molecular flexibility index (Phi) is 5.00. The zero-order valence-corrected chi connectivity index (χ0v) is 15.2. The second-order valence-corrected chi connectivity index (χ2v) is 6.29. The Morgan fingerprint density at radius 3 is 1.93 bits per heavy atom. The number of ether oxygens (including phenoxy) is 3. The molecule has 3 rings (SSSR count). The molecule has 0 atom stereocenters. The predicted molar refractivity (Wildman–Crippen MR) is 97.0 cm³/mol. The molecular formula is C21H16F2O5. The highest BCUT2D eigenvalue weighted by Gasteiger charge is 2.28. The van der Waals surface area contributed by atoms with E-state index in [9.17, 15) is 18.4 Å². The molecule has 0 unspecified atom stereocenters. The lowest BCUT2D eigenvalue weighted by Gasteiger charge is -2.23. The Balaban J connectivity index is 2.00. The van der Waals surface area contributed by atoms with Crippen molar-refractivity contribution < 1.29 is 32.6 Å². The van der Waals surface area contributed by atoms with E-state index < -0.39 is 23.6 Å². The first-order chi connectivity index (χ1) is 13.2. The van der Waals surface area contributed by atoms with Crippen LogP contribution in [0.5, 0.6) is 17.2 Å². The first kappa shape index (κ1) is 19.3. The number of esters is 2. The molecule has 0 amide bonds. The smallest absolute Gasteiger partial charge is 0.338 e. The third kappa shape index (κ3) is 3.38. The quantitative estimate of drug-likeness (QED) is 0.440. The Morgan fingerprint density at radius 2 is 1.39 bits per heavy atom. The van der Waals surface area contributed by atoms with Crippen molar-refractivity contribution in [2.75, 3.05) is 0 Å². The molecule has 0 bridgehead atoms. The maximum atomic E-state index is 14.8. The average molecular weight is 386 g/mol. The summed E-state index contributed by atoms with van der Waals surface area (Å²) in [7, 11) is 0. The van der Waals surface area contributed by atoms with Gasteiger partial charge in [-0.2, -0.15) is 4.39 Å². The van der Waals surface area contributed by atoms with Crippen molar-refractivity contribution >= 4 is 11.9 Å². The first-order valence-corrected chi connectivity index (χ1v) is 8.23. The second kappa shape index (κ2) is 7.26. The molecule has 0 N–H and O–H groups in total. The monoisotopic (exact) mass is 386 g/mol. The van der Waals surface area contributed by atoms with Crippen LogP contribution in [0.1, 0.15) is 19.4 Å². The fraction of sp³-hybridized carbons (Fsp3) is 0.143. The molecule has 0 fully saturated rings. The fourth-order valence-electron chi connectivity index (χ4n) is 2.56. The van der Waals surface area contributed by atoms with Gasteiger partial charge < -0.3 is 14.2 Å². The van der Waals surface area contributed by atoms with Gasteiger partial charge in [0.2, 0.25) is 5.82 Å². The van der Waals surface area contributed by atoms with Gasteiger partial charge in [0.05, 0.1) is 0 Å². The van der Waals surface area contributed by atoms with Crippen molar-refractivity contribution in [3.63, 3.8) is 0 Å². The molecule has 1 aliphatic rings. The molecular weight excluding hydrogens is 370 g/mol. The van der Waals surface area contributed by atoms with Gasteiger partial charge in [0.15, 0.2) is 23.1 Å². The largest absolute Gasteiger partial charge is 0.485 e. The number of halogens is 2. The Hall–Kier alpha value is -3.48. The fourth-order valence-corrected chi connectivity index (χ4v) is 2.56. The van der Waals surface area contributed by atoms with Gasteiger partial charge in [-0.1, -0.05) is 13.2 Å². The Bertz CT molecular complexity index is 956. The van der Waals surface area contributed by atoms with Crippen LogP contribution < -0.4 is 14.2 Å². The zero-order valence-electron chi connectivity index (χ0n) is 15.2. The highest BCUT2D eigenvalue weighted by atomic mass is 19.1.